The third kappa shape index (κ3) is 1.71. The van der Waals surface area contributed by atoms with Crippen LogP contribution in [0.25, 0.3) is 21.7 Å². The summed E-state index contributed by atoms with van der Waals surface area (Å²) in [5.74, 6) is 0. The van der Waals surface area contributed by atoms with Crippen LogP contribution in [0.4, 0.5) is 0 Å². The van der Waals surface area contributed by atoms with Crippen molar-refractivity contribution in [1.82, 2.24) is 9.78 Å². The minimum atomic E-state index is 0.449. The van der Waals surface area contributed by atoms with Gasteiger partial charge in [-0.05, 0) is 35.4 Å². The highest BCUT2D eigenvalue weighted by atomic mass is 32.1. The van der Waals surface area contributed by atoms with Crippen LogP contribution in [0.2, 0.25) is 0 Å². The fourth-order valence-electron chi connectivity index (χ4n) is 2.27. The topological polar surface area (TPSA) is 66.6 Å². The summed E-state index contributed by atoms with van der Waals surface area (Å²) in [7, 11) is 0. The van der Waals surface area contributed by atoms with E-state index in [-0.39, 0.29) is 0 Å². The van der Waals surface area contributed by atoms with Gasteiger partial charge in [0.05, 0.1) is 11.9 Å². The lowest BCUT2D eigenvalue weighted by molar-refractivity contribution is 0.629. The molecule has 86 valence electrons. The van der Waals surface area contributed by atoms with Crippen LogP contribution < -0.4 is 0 Å². The van der Waals surface area contributed by atoms with E-state index in [9.17, 15) is 0 Å². The predicted molar refractivity (Wildman–Crippen MR) is 67.0 cm³/mol. The number of azide groups is 1. The first-order valence-corrected chi connectivity index (χ1v) is 6.40. The second-order valence-electron chi connectivity index (χ2n) is 3.95. The number of hydrogen-bond donors (Lipinski definition) is 0. The van der Waals surface area contributed by atoms with Gasteiger partial charge in [-0.25, -0.2) is 0 Å². The minimum absolute atomic E-state index is 0.449. The molecular formula is C11H11N5S. The molecule has 0 amide bonds. The van der Waals surface area contributed by atoms with Crippen LogP contribution in [0.1, 0.15) is 10.4 Å². The molecule has 3 rings (SSSR count). The van der Waals surface area contributed by atoms with Crippen LogP contribution in [-0.4, -0.2) is 16.3 Å². The molecule has 1 aliphatic carbocycles. The maximum atomic E-state index is 8.29. The van der Waals surface area contributed by atoms with Crippen molar-refractivity contribution < 1.29 is 0 Å². The second-order valence-corrected chi connectivity index (χ2v) is 4.95. The average Bonchev–Trinajstić information content (AvgIpc) is 2.94. The molecule has 2 aromatic rings. The lowest BCUT2D eigenvalue weighted by Crippen LogP contribution is -2.08. The number of aromatic nitrogens is 2. The molecule has 0 unspecified atom stereocenters. The van der Waals surface area contributed by atoms with Crippen LogP contribution in [0.15, 0.2) is 22.8 Å². The monoisotopic (exact) mass is 245 g/mol. The average molecular weight is 245 g/mol. The molecule has 17 heavy (non-hydrogen) atoms. The molecule has 0 saturated heterocycles. The van der Waals surface area contributed by atoms with Gasteiger partial charge in [0, 0.05) is 28.4 Å². The van der Waals surface area contributed by atoms with E-state index < -0.39 is 0 Å². The molecule has 0 bridgehead atoms. The van der Waals surface area contributed by atoms with Crippen LogP contribution in [0.3, 0.4) is 0 Å². The van der Waals surface area contributed by atoms with Crippen LogP contribution in [0.5, 0.6) is 0 Å². The molecule has 0 N–H and O–H groups in total. The van der Waals surface area contributed by atoms with Crippen molar-refractivity contribution in [1.29, 1.82) is 0 Å². The molecule has 6 heteroatoms. The molecule has 0 aromatic carbocycles. The number of fused-ring (bicyclic) bond motifs is 3. The molecule has 0 aliphatic heterocycles. The molecule has 0 atom stereocenters. The molecule has 1 aliphatic rings. The minimum Gasteiger partial charge on any atom is -0.264 e. The van der Waals surface area contributed by atoms with Crippen LogP contribution >= 0.6 is 11.3 Å². The Balaban J connectivity index is 1.99. The van der Waals surface area contributed by atoms with E-state index in [1.54, 1.807) is 11.3 Å². The fraction of sp³-hybridized carbons (Fsp3) is 0.364. The zero-order chi connectivity index (χ0) is 11.7. The second kappa shape index (κ2) is 4.24. The first kappa shape index (κ1) is 10.4. The smallest absolute Gasteiger partial charge is 0.0725 e. The zero-order valence-electron chi connectivity index (χ0n) is 9.20. The molecule has 5 nitrogen and oxygen atoms in total. The van der Waals surface area contributed by atoms with E-state index >= 15 is 0 Å². The standard InChI is InChI=1S/C11H11N5S/c12-15-13-4-5-16-11-8(7-14-16)1-2-10-9(11)3-6-17-10/h3,6-7H,1-2,4-5H2. The summed E-state index contributed by atoms with van der Waals surface area (Å²) < 4.78 is 1.95. The van der Waals surface area contributed by atoms with E-state index in [1.807, 2.05) is 10.9 Å². The van der Waals surface area contributed by atoms with Gasteiger partial charge in [0.2, 0.25) is 0 Å². The quantitative estimate of drug-likeness (QED) is 0.465. The van der Waals surface area contributed by atoms with Gasteiger partial charge >= 0.3 is 0 Å². The number of nitrogens with zero attached hydrogens (tertiary/aromatic N) is 5. The molecule has 2 heterocycles. The summed E-state index contributed by atoms with van der Waals surface area (Å²) in [4.78, 5) is 4.20. The summed E-state index contributed by atoms with van der Waals surface area (Å²) in [5, 5.41) is 10.1. The van der Waals surface area contributed by atoms with E-state index in [0.29, 0.717) is 13.1 Å². The summed E-state index contributed by atoms with van der Waals surface area (Å²) in [6.07, 6.45) is 4.11. The van der Waals surface area contributed by atoms with Gasteiger partial charge in [0.25, 0.3) is 0 Å². The lowest BCUT2D eigenvalue weighted by atomic mass is 9.97. The summed E-state index contributed by atoms with van der Waals surface area (Å²) in [5.41, 5.74) is 12.1. The Bertz CT molecular complexity index is 591. The number of thiophene rings is 1. The Morgan fingerprint density at radius 3 is 3.35 bits per heavy atom. The van der Waals surface area contributed by atoms with Crippen LogP contribution in [-0.2, 0) is 19.4 Å². The van der Waals surface area contributed by atoms with Gasteiger partial charge in [0.1, 0.15) is 0 Å². The number of hydrogen-bond acceptors (Lipinski definition) is 3. The van der Waals surface area contributed by atoms with Gasteiger partial charge in [-0.2, -0.15) is 5.10 Å². The molecule has 0 spiro atoms. The first-order chi connectivity index (χ1) is 8.40. The maximum absolute atomic E-state index is 8.29. The highest BCUT2D eigenvalue weighted by Crippen LogP contribution is 2.36. The Kier molecular flexibility index (Phi) is 2.59. The highest BCUT2D eigenvalue weighted by molar-refractivity contribution is 7.10. The summed E-state index contributed by atoms with van der Waals surface area (Å²) in [6, 6.07) is 2.16. The van der Waals surface area contributed by atoms with Crippen molar-refractivity contribution in [3.8, 4) is 11.3 Å². The molecule has 2 aromatic heterocycles. The first-order valence-electron chi connectivity index (χ1n) is 5.52. The molecular weight excluding hydrogens is 234 g/mol. The fourth-order valence-corrected chi connectivity index (χ4v) is 3.15. The Morgan fingerprint density at radius 1 is 1.53 bits per heavy atom. The maximum Gasteiger partial charge on any atom is 0.0725 e. The van der Waals surface area contributed by atoms with E-state index in [2.05, 4.69) is 26.6 Å². The third-order valence-corrected chi connectivity index (χ3v) is 3.99. The Hall–Kier alpha value is -1.78. The lowest BCUT2D eigenvalue weighted by Gasteiger charge is -2.14. The van der Waals surface area contributed by atoms with E-state index in [0.717, 1.165) is 12.8 Å². The number of aryl methyl sites for hydroxylation is 2. The van der Waals surface area contributed by atoms with E-state index in [4.69, 9.17) is 5.53 Å². The summed E-state index contributed by atoms with van der Waals surface area (Å²) in [6.45, 7) is 1.10. The van der Waals surface area contributed by atoms with Gasteiger partial charge < -0.3 is 0 Å². The zero-order valence-corrected chi connectivity index (χ0v) is 10.0. The van der Waals surface area contributed by atoms with Crippen molar-refractivity contribution in [3.63, 3.8) is 0 Å². The van der Waals surface area contributed by atoms with E-state index in [1.165, 1.54) is 21.7 Å². The van der Waals surface area contributed by atoms with Crippen molar-refractivity contribution >= 4 is 11.3 Å². The van der Waals surface area contributed by atoms with Gasteiger partial charge in [-0.15, -0.1) is 11.3 Å². The van der Waals surface area contributed by atoms with Crippen molar-refractivity contribution in [2.45, 2.75) is 19.4 Å². The van der Waals surface area contributed by atoms with Crippen molar-refractivity contribution in [2.75, 3.05) is 6.54 Å². The van der Waals surface area contributed by atoms with Gasteiger partial charge in [-0.1, -0.05) is 5.11 Å². The van der Waals surface area contributed by atoms with Gasteiger partial charge in [-0.3, -0.25) is 4.68 Å². The highest BCUT2D eigenvalue weighted by Gasteiger charge is 2.21. The Morgan fingerprint density at radius 2 is 2.47 bits per heavy atom. The van der Waals surface area contributed by atoms with Crippen LogP contribution in [0, 0.1) is 0 Å². The van der Waals surface area contributed by atoms with Crippen molar-refractivity contribution in [3.05, 3.63) is 38.5 Å². The largest absolute Gasteiger partial charge is 0.264 e. The summed E-state index contributed by atoms with van der Waals surface area (Å²) >= 11 is 1.81. The molecule has 0 fully saturated rings. The normalized spacial score (nSPS) is 12.7. The molecule has 0 saturated carbocycles. The Labute approximate surface area is 102 Å². The third-order valence-electron chi connectivity index (χ3n) is 3.01. The predicted octanol–water partition coefficient (Wildman–Crippen LogP) is 3.02. The van der Waals surface area contributed by atoms with Crippen molar-refractivity contribution in [2.24, 2.45) is 5.11 Å². The SMILES string of the molecule is [N-]=[N+]=NCCn1ncc2c1-c1ccsc1CC2. The number of rotatable bonds is 3. The molecule has 0 radical (unpaired) electrons. The van der Waals surface area contributed by atoms with Gasteiger partial charge in [0.15, 0.2) is 0 Å².